The number of carbonyl (C=O) groups is 2. The highest BCUT2D eigenvalue weighted by Gasteiger charge is 2.12. The maximum absolute atomic E-state index is 13.2. The molecule has 5 nitrogen and oxygen atoms in total. The van der Waals surface area contributed by atoms with Gasteiger partial charge in [0.05, 0.1) is 0 Å². The van der Waals surface area contributed by atoms with Gasteiger partial charge >= 0.3 is 6.03 Å². The molecule has 0 aromatic carbocycles. The van der Waals surface area contributed by atoms with Gasteiger partial charge in [-0.3, -0.25) is 4.79 Å². The maximum Gasteiger partial charge on any atom is 0.314 e. The van der Waals surface area contributed by atoms with E-state index < -0.39 is 0 Å². The van der Waals surface area contributed by atoms with Crippen molar-refractivity contribution in [2.75, 3.05) is 26.2 Å². The van der Waals surface area contributed by atoms with Crippen LogP contribution in [0.3, 0.4) is 0 Å². The zero-order chi connectivity index (χ0) is 37.8. The average molecular weight is 734 g/mol. The third kappa shape index (κ3) is 39.9. The molecular weight excluding hydrogens is 639 g/mol. The van der Waals surface area contributed by atoms with Gasteiger partial charge in [-0.05, 0) is 32.1 Å². The van der Waals surface area contributed by atoms with Crippen LogP contribution in [0.1, 0.15) is 265 Å². The standard InChI is InChI=1S/C47H95N3O2/c1-4-7-10-13-16-19-20-21-22-23-24-25-26-27-32-37-42-48-47(52)49-43-38-33-30-31-36-41-46(51)50(44-39-34-28-17-14-11-8-5-2)45-40-35-29-18-15-12-9-6-3/h4-45H2,1-3H3,(H2,48,49,52). The first-order valence-electron chi connectivity index (χ1n) is 23.9. The van der Waals surface area contributed by atoms with Crippen molar-refractivity contribution in [2.45, 2.75) is 265 Å². The summed E-state index contributed by atoms with van der Waals surface area (Å²) in [6.07, 6.45) is 49.1. The fourth-order valence-corrected chi connectivity index (χ4v) is 7.46. The summed E-state index contributed by atoms with van der Waals surface area (Å²) in [4.78, 5) is 27.5. The molecule has 52 heavy (non-hydrogen) atoms. The first-order chi connectivity index (χ1) is 25.7. The van der Waals surface area contributed by atoms with Gasteiger partial charge in [0.1, 0.15) is 0 Å². The van der Waals surface area contributed by atoms with Crippen LogP contribution in [0.15, 0.2) is 0 Å². The Bertz CT molecular complexity index is 695. The Morgan fingerprint density at radius 2 is 0.577 bits per heavy atom. The van der Waals surface area contributed by atoms with Crippen LogP contribution in [-0.4, -0.2) is 43.0 Å². The number of carbonyl (C=O) groups excluding carboxylic acids is 2. The first kappa shape index (κ1) is 50.7. The molecule has 0 aliphatic heterocycles. The van der Waals surface area contributed by atoms with E-state index >= 15 is 0 Å². The minimum absolute atomic E-state index is 0.0142. The smallest absolute Gasteiger partial charge is 0.314 e. The van der Waals surface area contributed by atoms with Crippen LogP contribution in [0, 0.1) is 0 Å². The van der Waals surface area contributed by atoms with Gasteiger partial charge in [-0.1, -0.05) is 226 Å². The van der Waals surface area contributed by atoms with Gasteiger partial charge in [0.25, 0.3) is 0 Å². The molecule has 0 radical (unpaired) electrons. The van der Waals surface area contributed by atoms with Gasteiger partial charge in [0.2, 0.25) is 5.91 Å². The molecule has 3 amide bonds. The van der Waals surface area contributed by atoms with Crippen LogP contribution in [0.2, 0.25) is 0 Å². The lowest BCUT2D eigenvalue weighted by atomic mass is 10.0. The van der Waals surface area contributed by atoms with E-state index in [0.717, 1.165) is 77.5 Å². The number of amides is 3. The maximum atomic E-state index is 13.2. The second kappa shape index (κ2) is 44.1. The Labute approximate surface area is 327 Å². The summed E-state index contributed by atoms with van der Waals surface area (Å²) in [5, 5.41) is 6.07. The number of nitrogens with one attached hydrogen (secondary N) is 2. The van der Waals surface area contributed by atoms with Crippen LogP contribution in [0.5, 0.6) is 0 Å². The highest BCUT2D eigenvalue weighted by atomic mass is 16.2. The van der Waals surface area contributed by atoms with Crippen molar-refractivity contribution in [3.63, 3.8) is 0 Å². The molecule has 0 unspecified atom stereocenters. The van der Waals surface area contributed by atoms with Crippen molar-refractivity contribution in [1.29, 1.82) is 0 Å². The molecule has 310 valence electrons. The molecule has 0 saturated heterocycles. The van der Waals surface area contributed by atoms with Crippen molar-refractivity contribution in [3.05, 3.63) is 0 Å². The number of rotatable bonds is 43. The number of hydrogen-bond donors (Lipinski definition) is 2. The number of nitrogens with zero attached hydrogens (tertiary/aromatic N) is 1. The number of unbranched alkanes of at least 4 members (excludes halogenated alkanes) is 33. The van der Waals surface area contributed by atoms with Crippen LogP contribution in [0.4, 0.5) is 4.79 Å². The average Bonchev–Trinajstić information content (AvgIpc) is 3.15. The van der Waals surface area contributed by atoms with Crippen molar-refractivity contribution >= 4 is 11.9 Å². The van der Waals surface area contributed by atoms with E-state index in [-0.39, 0.29) is 6.03 Å². The summed E-state index contributed by atoms with van der Waals surface area (Å²) in [5.74, 6) is 0.383. The van der Waals surface area contributed by atoms with Crippen LogP contribution in [0.25, 0.3) is 0 Å². The van der Waals surface area contributed by atoms with E-state index in [9.17, 15) is 9.59 Å². The molecule has 2 N–H and O–H groups in total. The molecule has 0 fully saturated rings. The van der Waals surface area contributed by atoms with Crippen LogP contribution < -0.4 is 10.6 Å². The molecule has 0 bridgehead atoms. The topological polar surface area (TPSA) is 61.4 Å². The summed E-state index contributed by atoms with van der Waals surface area (Å²) >= 11 is 0. The Morgan fingerprint density at radius 1 is 0.327 bits per heavy atom. The summed E-state index contributed by atoms with van der Waals surface area (Å²) < 4.78 is 0. The molecule has 0 saturated carbocycles. The Hall–Kier alpha value is -1.26. The summed E-state index contributed by atoms with van der Waals surface area (Å²) in [5.41, 5.74) is 0. The fourth-order valence-electron chi connectivity index (χ4n) is 7.46. The zero-order valence-corrected chi connectivity index (χ0v) is 36.0. The SMILES string of the molecule is CCCCCCCCCCCCCCCCCCNC(=O)NCCCCCCCC(=O)N(CCCCCCCCCC)CCCCCCCCCC. The first-order valence-corrected chi connectivity index (χ1v) is 23.9. The van der Waals surface area contributed by atoms with E-state index in [1.807, 2.05) is 0 Å². The second-order valence-electron chi connectivity index (χ2n) is 16.3. The summed E-state index contributed by atoms with van der Waals surface area (Å²) in [7, 11) is 0. The number of hydrogen-bond acceptors (Lipinski definition) is 2. The number of urea groups is 1. The predicted octanol–water partition coefficient (Wildman–Crippen LogP) is 15.0. The van der Waals surface area contributed by atoms with E-state index in [1.165, 1.54) is 186 Å². The third-order valence-corrected chi connectivity index (χ3v) is 11.1. The Balaban J connectivity index is 3.78. The van der Waals surface area contributed by atoms with Gasteiger partial charge in [0, 0.05) is 32.6 Å². The highest BCUT2D eigenvalue weighted by molar-refractivity contribution is 5.76. The van der Waals surface area contributed by atoms with Crippen molar-refractivity contribution < 1.29 is 9.59 Å². The lowest BCUT2D eigenvalue weighted by molar-refractivity contribution is -0.131. The van der Waals surface area contributed by atoms with E-state index in [4.69, 9.17) is 0 Å². The van der Waals surface area contributed by atoms with E-state index in [2.05, 4.69) is 36.3 Å². The second-order valence-corrected chi connectivity index (χ2v) is 16.3. The van der Waals surface area contributed by atoms with Gasteiger partial charge in [-0.25, -0.2) is 4.79 Å². The molecule has 0 heterocycles. The van der Waals surface area contributed by atoms with Crippen molar-refractivity contribution in [1.82, 2.24) is 15.5 Å². The van der Waals surface area contributed by atoms with E-state index in [1.54, 1.807) is 0 Å². The van der Waals surface area contributed by atoms with Crippen LogP contribution >= 0.6 is 0 Å². The minimum Gasteiger partial charge on any atom is -0.343 e. The zero-order valence-electron chi connectivity index (χ0n) is 36.0. The molecule has 0 atom stereocenters. The van der Waals surface area contributed by atoms with Crippen molar-refractivity contribution in [3.8, 4) is 0 Å². The van der Waals surface area contributed by atoms with Gasteiger partial charge in [0.15, 0.2) is 0 Å². The molecule has 0 spiro atoms. The van der Waals surface area contributed by atoms with Crippen LogP contribution in [-0.2, 0) is 4.79 Å². The molecular formula is C47H95N3O2. The summed E-state index contributed by atoms with van der Waals surface area (Å²) in [6.45, 7) is 10.3. The van der Waals surface area contributed by atoms with Crippen molar-refractivity contribution in [2.24, 2.45) is 0 Å². The van der Waals surface area contributed by atoms with Gasteiger partial charge < -0.3 is 15.5 Å². The molecule has 0 aromatic heterocycles. The summed E-state index contributed by atoms with van der Waals surface area (Å²) in [6, 6.07) is -0.0142. The third-order valence-electron chi connectivity index (χ3n) is 11.1. The molecule has 0 aromatic rings. The Kier molecular flexibility index (Phi) is 43.1. The predicted molar refractivity (Wildman–Crippen MR) is 230 cm³/mol. The molecule has 0 rings (SSSR count). The minimum atomic E-state index is -0.0142. The molecule has 5 heteroatoms. The van der Waals surface area contributed by atoms with Gasteiger partial charge in [-0.15, -0.1) is 0 Å². The normalized spacial score (nSPS) is 11.3. The molecule has 0 aliphatic rings. The fraction of sp³-hybridized carbons (Fsp3) is 0.957. The van der Waals surface area contributed by atoms with Gasteiger partial charge in [-0.2, -0.15) is 0 Å². The lowest BCUT2D eigenvalue weighted by Gasteiger charge is -2.23. The largest absolute Gasteiger partial charge is 0.343 e. The quantitative estimate of drug-likeness (QED) is 0.0613. The Morgan fingerprint density at radius 3 is 0.885 bits per heavy atom. The molecule has 0 aliphatic carbocycles. The highest BCUT2D eigenvalue weighted by Crippen LogP contribution is 2.15. The van der Waals surface area contributed by atoms with E-state index in [0.29, 0.717) is 12.3 Å². The lowest BCUT2D eigenvalue weighted by Crippen LogP contribution is -2.36. The monoisotopic (exact) mass is 734 g/mol.